The second kappa shape index (κ2) is 10.1. The van der Waals surface area contributed by atoms with Gasteiger partial charge in [0, 0.05) is 26.6 Å². The Morgan fingerprint density at radius 1 is 1.38 bits per heavy atom. The summed E-state index contributed by atoms with van der Waals surface area (Å²) in [6.45, 7) is 6.21. The van der Waals surface area contributed by atoms with Crippen LogP contribution in [0.2, 0.25) is 0 Å². The van der Waals surface area contributed by atoms with Gasteiger partial charge in [0.05, 0.1) is 19.3 Å². The Bertz CT molecular complexity index is 607. The fraction of sp³-hybridized carbons (Fsp3) is 0.579. The molecule has 1 aliphatic rings. The molecule has 1 saturated heterocycles. The first-order chi connectivity index (χ1) is 12.5. The first-order valence-corrected chi connectivity index (χ1v) is 9.05. The van der Waals surface area contributed by atoms with E-state index in [0.717, 1.165) is 18.1 Å². The lowest BCUT2D eigenvalue weighted by Gasteiger charge is -2.38. The quantitative estimate of drug-likeness (QED) is 0.363. The molecular formula is C19H28FN3O3. The van der Waals surface area contributed by atoms with Crippen molar-refractivity contribution in [2.75, 3.05) is 33.3 Å². The average molecular weight is 365 g/mol. The van der Waals surface area contributed by atoms with Crippen molar-refractivity contribution in [1.29, 1.82) is 0 Å². The van der Waals surface area contributed by atoms with Gasteiger partial charge in [0.25, 0.3) is 0 Å². The van der Waals surface area contributed by atoms with Gasteiger partial charge in [-0.25, -0.2) is 4.39 Å². The summed E-state index contributed by atoms with van der Waals surface area (Å²) in [5.74, 6) is 0.338. The highest BCUT2D eigenvalue weighted by molar-refractivity contribution is 5.80. The summed E-state index contributed by atoms with van der Waals surface area (Å²) >= 11 is 0. The molecule has 7 heteroatoms. The molecule has 0 spiro atoms. The van der Waals surface area contributed by atoms with Crippen LogP contribution in [0.1, 0.15) is 38.4 Å². The minimum atomic E-state index is -0.256. The van der Waals surface area contributed by atoms with E-state index in [1.807, 2.05) is 6.92 Å². The third-order valence-electron chi connectivity index (χ3n) is 4.16. The molecule has 6 nitrogen and oxygen atoms in total. The van der Waals surface area contributed by atoms with E-state index in [1.165, 1.54) is 12.1 Å². The highest BCUT2D eigenvalue weighted by Crippen LogP contribution is 2.25. The number of halogens is 1. The molecule has 144 valence electrons. The van der Waals surface area contributed by atoms with Gasteiger partial charge < -0.3 is 19.7 Å². The Balaban J connectivity index is 1.90. The number of nitrogens with one attached hydrogen (secondary N) is 1. The molecule has 0 aliphatic carbocycles. The number of carbonyl (C=O) groups is 1. The van der Waals surface area contributed by atoms with Crippen molar-refractivity contribution in [3.8, 4) is 0 Å². The lowest BCUT2D eigenvalue weighted by atomic mass is 10.1. The zero-order valence-corrected chi connectivity index (χ0v) is 15.7. The summed E-state index contributed by atoms with van der Waals surface area (Å²) in [5.41, 5.74) is 0.945. The zero-order chi connectivity index (χ0) is 18.9. The molecule has 1 aromatic carbocycles. The van der Waals surface area contributed by atoms with Crippen LogP contribution in [-0.2, 0) is 14.3 Å². The molecule has 1 heterocycles. The number of esters is 1. The largest absolute Gasteiger partial charge is 0.466 e. The van der Waals surface area contributed by atoms with Gasteiger partial charge in [0.15, 0.2) is 5.96 Å². The Morgan fingerprint density at radius 2 is 2.12 bits per heavy atom. The molecule has 1 fully saturated rings. The summed E-state index contributed by atoms with van der Waals surface area (Å²) in [6.07, 6.45) is 0.948. The van der Waals surface area contributed by atoms with Crippen molar-refractivity contribution in [2.24, 2.45) is 4.99 Å². The molecule has 0 bridgehead atoms. The SMILES string of the molecule is CCOC(=O)CCCNC(=NC)N1CC(C)OC(c2ccc(F)cc2)C1. The number of rotatable bonds is 6. The predicted molar refractivity (Wildman–Crippen MR) is 98.5 cm³/mol. The number of benzene rings is 1. The highest BCUT2D eigenvalue weighted by atomic mass is 19.1. The smallest absolute Gasteiger partial charge is 0.305 e. The average Bonchev–Trinajstić information content (AvgIpc) is 2.62. The fourth-order valence-electron chi connectivity index (χ4n) is 2.98. The lowest BCUT2D eigenvalue weighted by molar-refractivity contribution is -0.143. The number of hydrogen-bond acceptors (Lipinski definition) is 4. The maximum Gasteiger partial charge on any atom is 0.305 e. The Labute approximate surface area is 154 Å². The number of morpholine rings is 1. The van der Waals surface area contributed by atoms with Gasteiger partial charge in [-0.05, 0) is 38.0 Å². The Hall–Kier alpha value is -2.15. The molecular weight excluding hydrogens is 337 g/mol. The Morgan fingerprint density at radius 3 is 2.77 bits per heavy atom. The van der Waals surface area contributed by atoms with Gasteiger partial charge in [-0.15, -0.1) is 0 Å². The number of guanidine groups is 1. The fourth-order valence-corrected chi connectivity index (χ4v) is 2.98. The van der Waals surface area contributed by atoms with Gasteiger partial charge in [-0.2, -0.15) is 0 Å². The van der Waals surface area contributed by atoms with Crippen molar-refractivity contribution in [1.82, 2.24) is 10.2 Å². The second-order valence-electron chi connectivity index (χ2n) is 6.27. The van der Waals surface area contributed by atoms with E-state index >= 15 is 0 Å². The van der Waals surface area contributed by atoms with Crippen molar-refractivity contribution >= 4 is 11.9 Å². The molecule has 0 aromatic heterocycles. The van der Waals surface area contributed by atoms with E-state index in [4.69, 9.17) is 9.47 Å². The third kappa shape index (κ3) is 5.98. The van der Waals surface area contributed by atoms with Crippen molar-refractivity contribution in [2.45, 2.75) is 38.9 Å². The molecule has 0 amide bonds. The number of nitrogens with zero attached hydrogens (tertiary/aromatic N) is 2. The number of ether oxygens (including phenoxy) is 2. The van der Waals surface area contributed by atoms with Crippen molar-refractivity contribution in [3.05, 3.63) is 35.6 Å². The second-order valence-corrected chi connectivity index (χ2v) is 6.27. The standard InChI is InChI=1S/C19H28FN3O3/c1-4-25-18(24)6-5-11-22-19(21-3)23-12-14(2)26-17(13-23)15-7-9-16(20)10-8-15/h7-10,14,17H,4-6,11-13H2,1-3H3,(H,21,22). The van der Waals surface area contributed by atoms with Crippen LogP contribution in [0.5, 0.6) is 0 Å². The summed E-state index contributed by atoms with van der Waals surface area (Å²) in [4.78, 5) is 17.9. The molecule has 26 heavy (non-hydrogen) atoms. The van der Waals surface area contributed by atoms with Crippen LogP contribution in [-0.4, -0.2) is 56.2 Å². The van der Waals surface area contributed by atoms with E-state index in [-0.39, 0.29) is 24.0 Å². The molecule has 2 atom stereocenters. The van der Waals surface area contributed by atoms with Gasteiger partial charge >= 0.3 is 5.97 Å². The minimum absolute atomic E-state index is 0.0249. The van der Waals surface area contributed by atoms with Crippen molar-refractivity contribution in [3.63, 3.8) is 0 Å². The summed E-state index contributed by atoms with van der Waals surface area (Å²) in [7, 11) is 1.74. The third-order valence-corrected chi connectivity index (χ3v) is 4.16. The summed E-state index contributed by atoms with van der Waals surface area (Å²) in [5, 5.41) is 3.29. The van der Waals surface area contributed by atoms with E-state index in [1.54, 1.807) is 26.1 Å². The first-order valence-electron chi connectivity index (χ1n) is 9.05. The minimum Gasteiger partial charge on any atom is -0.466 e. The van der Waals surface area contributed by atoms with Crippen LogP contribution in [0.4, 0.5) is 4.39 Å². The van der Waals surface area contributed by atoms with Crippen LogP contribution < -0.4 is 5.32 Å². The van der Waals surface area contributed by atoms with Gasteiger partial charge in [0.1, 0.15) is 11.9 Å². The highest BCUT2D eigenvalue weighted by Gasteiger charge is 2.28. The lowest BCUT2D eigenvalue weighted by Crippen LogP contribution is -2.50. The first kappa shape index (κ1) is 20.2. The monoisotopic (exact) mass is 365 g/mol. The molecule has 0 radical (unpaired) electrons. The molecule has 2 rings (SSSR count). The van der Waals surface area contributed by atoms with Gasteiger partial charge in [0.2, 0.25) is 0 Å². The Kier molecular flexibility index (Phi) is 7.84. The van der Waals surface area contributed by atoms with E-state index in [2.05, 4.69) is 15.2 Å². The molecule has 1 aromatic rings. The predicted octanol–water partition coefficient (Wildman–Crippen LogP) is 2.51. The molecule has 1 N–H and O–H groups in total. The van der Waals surface area contributed by atoms with Gasteiger partial charge in [-0.3, -0.25) is 9.79 Å². The van der Waals surface area contributed by atoms with Crippen LogP contribution in [0.15, 0.2) is 29.3 Å². The topological polar surface area (TPSA) is 63.2 Å². The van der Waals surface area contributed by atoms with E-state index in [9.17, 15) is 9.18 Å². The van der Waals surface area contributed by atoms with E-state index in [0.29, 0.717) is 32.5 Å². The van der Waals surface area contributed by atoms with Crippen LogP contribution in [0, 0.1) is 5.82 Å². The molecule has 1 aliphatic heterocycles. The van der Waals surface area contributed by atoms with Gasteiger partial charge in [-0.1, -0.05) is 12.1 Å². The zero-order valence-electron chi connectivity index (χ0n) is 15.7. The maximum absolute atomic E-state index is 13.2. The van der Waals surface area contributed by atoms with Crippen LogP contribution >= 0.6 is 0 Å². The van der Waals surface area contributed by atoms with Crippen molar-refractivity contribution < 1.29 is 18.7 Å². The number of carbonyl (C=O) groups excluding carboxylic acids is 1. The molecule has 2 unspecified atom stereocenters. The molecule has 0 saturated carbocycles. The van der Waals surface area contributed by atoms with E-state index < -0.39 is 0 Å². The number of hydrogen-bond donors (Lipinski definition) is 1. The summed E-state index contributed by atoms with van der Waals surface area (Å²) in [6, 6.07) is 6.41. The van der Waals surface area contributed by atoms with Crippen LogP contribution in [0.3, 0.4) is 0 Å². The number of aliphatic imine (C=N–C) groups is 1. The van der Waals surface area contributed by atoms with Crippen LogP contribution in [0.25, 0.3) is 0 Å². The maximum atomic E-state index is 13.2. The summed E-state index contributed by atoms with van der Waals surface area (Å²) < 4.78 is 24.1. The normalized spacial score (nSPS) is 20.8.